The summed E-state index contributed by atoms with van der Waals surface area (Å²) in [6, 6.07) is 0. The SMILES string of the molecule is C=C(C(=O)OC(C)C)C(C(=O)OC(C)C)C(CC)[Si](O[Si](C)(C)C)(O[Si](C)(C)C)O[Si](C)(C)C. The molecule has 0 saturated heterocycles. The van der Waals surface area contributed by atoms with E-state index in [2.05, 4.69) is 65.5 Å². The summed E-state index contributed by atoms with van der Waals surface area (Å²) in [6.45, 7) is 31.9. The first-order valence-electron chi connectivity index (χ1n) is 12.2. The molecule has 34 heavy (non-hydrogen) atoms. The van der Waals surface area contributed by atoms with Gasteiger partial charge in [0.2, 0.25) is 0 Å². The largest absolute Gasteiger partial charge is 0.474 e. The van der Waals surface area contributed by atoms with Gasteiger partial charge in [-0.25, -0.2) is 4.79 Å². The van der Waals surface area contributed by atoms with E-state index >= 15 is 0 Å². The average molecular weight is 551 g/mol. The molecule has 0 fully saturated rings. The van der Waals surface area contributed by atoms with Gasteiger partial charge in [-0.05, 0) is 93.0 Å². The molecule has 0 aliphatic heterocycles. The molecule has 11 heteroatoms. The van der Waals surface area contributed by atoms with E-state index in [0.717, 1.165) is 0 Å². The predicted molar refractivity (Wildman–Crippen MR) is 148 cm³/mol. The standard InChI is InChI=1S/C23H50O7Si4/c1-16-20(21(23(25)27-18(4)5)19(6)22(24)26-17(2)3)34(28-31(7,8)9,29-32(10,11)12)30-33(13,14)15/h17-18,20-21H,6,16H2,1-5,7-15H3. The summed E-state index contributed by atoms with van der Waals surface area (Å²) >= 11 is 0. The first kappa shape index (κ1) is 33.4. The van der Waals surface area contributed by atoms with Crippen molar-refractivity contribution in [1.29, 1.82) is 0 Å². The van der Waals surface area contributed by atoms with Gasteiger partial charge in [-0.15, -0.1) is 0 Å². The van der Waals surface area contributed by atoms with E-state index in [9.17, 15) is 9.59 Å². The van der Waals surface area contributed by atoms with E-state index in [1.165, 1.54) is 0 Å². The fourth-order valence-corrected chi connectivity index (χ4v) is 18.5. The predicted octanol–water partition coefficient (Wildman–Crippen LogP) is 6.34. The fourth-order valence-electron chi connectivity index (χ4n) is 3.53. The van der Waals surface area contributed by atoms with Crippen LogP contribution in [0.1, 0.15) is 41.0 Å². The summed E-state index contributed by atoms with van der Waals surface area (Å²) in [5, 5.41) is 0. The number of ether oxygens (including phenoxy) is 2. The summed E-state index contributed by atoms with van der Waals surface area (Å²) in [6.07, 6.45) is -0.202. The maximum Gasteiger partial charge on any atom is 0.474 e. The van der Waals surface area contributed by atoms with Gasteiger partial charge in [0, 0.05) is 11.1 Å². The Labute approximate surface area is 212 Å². The van der Waals surface area contributed by atoms with E-state index in [0.29, 0.717) is 6.42 Å². The fraction of sp³-hybridized carbons (Fsp3) is 0.826. The molecule has 0 spiro atoms. The van der Waals surface area contributed by atoms with E-state index in [4.69, 9.17) is 21.8 Å². The average Bonchev–Trinajstić information content (AvgIpc) is 2.52. The van der Waals surface area contributed by atoms with Crippen molar-refractivity contribution in [3.05, 3.63) is 12.2 Å². The quantitative estimate of drug-likeness (QED) is 0.142. The van der Waals surface area contributed by atoms with Crippen molar-refractivity contribution in [2.75, 3.05) is 0 Å². The molecule has 0 N–H and O–H groups in total. The minimum Gasteiger partial charge on any atom is -0.462 e. The summed E-state index contributed by atoms with van der Waals surface area (Å²) in [7, 11) is -10.2. The molecule has 0 heterocycles. The number of hydrogen-bond acceptors (Lipinski definition) is 7. The Morgan fingerprint density at radius 2 is 1.06 bits per heavy atom. The molecule has 200 valence electrons. The van der Waals surface area contributed by atoms with Gasteiger partial charge in [0.25, 0.3) is 0 Å². The van der Waals surface area contributed by atoms with Crippen LogP contribution in [-0.4, -0.2) is 57.9 Å². The van der Waals surface area contributed by atoms with E-state index < -0.39 is 57.2 Å². The van der Waals surface area contributed by atoms with Crippen molar-refractivity contribution >= 4 is 45.7 Å². The number of carbonyl (C=O) groups is 2. The molecular weight excluding hydrogens is 501 g/mol. The topological polar surface area (TPSA) is 80.3 Å². The molecule has 0 radical (unpaired) electrons. The molecule has 0 aromatic carbocycles. The van der Waals surface area contributed by atoms with Crippen molar-refractivity contribution < 1.29 is 31.4 Å². The van der Waals surface area contributed by atoms with Gasteiger partial charge in [0.1, 0.15) is 0 Å². The smallest absolute Gasteiger partial charge is 0.462 e. The van der Waals surface area contributed by atoms with Gasteiger partial charge < -0.3 is 21.8 Å². The zero-order valence-electron chi connectivity index (χ0n) is 24.1. The van der Waals surface area contributed by atoms with Gasteiger partial charge in [0.05, 0.1) is 18.1 Å². The van der Waals surface area contributed by atoms with Crippen molar-refractivity contribution in [3.63, 3.8) is 0 Å². The van der Waals surface area contributed by atoms with Crippen molar-refractivity contribution in [1.82, 2.24) is 0 Å². The molecule has 2 unspecified atom stereocenters. The summed E-state index contributed by atoms with van der Waals surface area (Å²) in [5.41, 5.74) is -0.475. The Kier molecular flexibility index (Phi) is 12.4. The number of rotatable bonds is 14. The lowest BCUT2D eigenvalue weighted by Crippen LogP contribution is -2.64. The molecule has 2 atom stereocenters. The minimum absolute atomic E-state index is 0.0561. The zero-order chi connectivity index (χ0) is 27.3. The molecule has 0 saturated carbocycles. The highest BCUT2D eigenvalue weighted by atomic mass is 28.5. The molecule has 7 nitrogen and oxygen atoms in total. The van der Waals surface area contributed by atoms with Crippen molar-refractivity contribution in [3.8, 4) is 0 Å². The molecule has 0 rings (SSSR count). The van der Waals surface area contributed by atoms with Crippen molar-refractivity contribution in [2.45, 2.75) is 118 Å². The van der Waals surface area contributed by atoms with Crippen LogP contribution in [0, 0.1) is 5.92 Å². The van der Waals surface area contributed by atoms with Gasteiger partial charge in [0.15, 0.2) is 25.0 Å². The van der Waals surface area contributed by atoms with Gasteiger partial charge in [-0.3, -0.25) is 4.79 Å². The van der Waals surface area contributed by atoms with Crippen LogP contribution in [-0.2, 0) is 31.4 Å². The second-order valence-corrected chi connectivity index (χ2v) is 29.3. The molecule has 0 aliphatic carbocycles. The Hall–Kier alpha value is -0.572. The van der Waals surface area contributed by atoms with Crippen LogP contribution in [0.2, 0.25) is 64.5 Å². The third-order valence-electron chi connectivity index (χ3n) is 4.23. The van der Waals surface area contributed by atoms with Crippen LogP contribution in [0.5, 0.6) is 0 Å². The molecule has 0 aromatic heterocycles. The maximum atomic E-state index is 13.5. The highest BCUT2D eigenvalue weighted by Crippen LogP contribution is 2.44. The van der Waals surface area contributed by atoms with Crippen LogP contribution in [0.4, 0.5) is 0 Å². The third-order valence-corrected chi connectivity index (χ3v) is 16.6. The van der Waals surface area contributed by atoms with Gasteiger partial charge in [-0.1, -0.05) is 13.5 Å². The van der Waals surface area contributed by atoms with Crippen LogP contribution in [0.25, 0.3) is 0 Å². The van der Waals surface area contributed by atoms with E-state index in [1.54, 1.807) is 27.7 Å². The number of esters is 2. The monoisotopic (exact) mass is 550 g/mol. The maximum absolute atomic E-state index is 13.5. The Morgan fingerprint density at radius 1 is 0.706 bits per heavy atom. The Morgan fingerprint density at radius 3 is 1.32 bits per heavy atom. The molecule has 0 bridgehead atoms. The lowest BCUT2D eigenvalue weighted by atomic mass is 9.94. The van der Waals surface area contributed by atoms with Crippen LogP contribution < -0.4 is 0 Å². The second kappa shape index (κ2) is 12.6. The summed E-state index contributed by atoms with van der Waals surface area (Å²) in [5.74, 6) is -2.13. The van der Waals surface area contributed by atoms with E-state index in [1.807, 2.05) is 6.92 Å². The molecule has 0 amide bonds. The van der Waals surface area contributed by atoms with Gasteiger partial charge in [-0.2, -0.15) is 0 Å². The van der Waals surface area contributed by atoms with Gasteiger partial charge >= 0.3 is 20.7 Å². The van der Waals surface area contributed by atoms with Crippen LogP contribution in [0.3, 0.4) is 0 Å². The highest BCUT2D eigenvalue weighted by Gasteiger charge is 2.60. The number of hydrogen-bond donors (Lipinski definition) is 0. The summed E-state index contributed by atoms with van der Waals surface area (Å²) < 4.78 is 31.7. The van der Waals surface area contributed by atoms with Crippen LogP contribution >= 0.6 is 0 Å². The first-order valence-corrected chi connectivity index (χ1v) is 24.3. The van der Waals surface area contributed by atoms with Crippen LogP contribution in [0.15, 0.2) is 12.2 Å². The zero-order valence-corrected chi connectivity index (χ0v) is 28.1. The Balaban J connectivity index is 7.07. The number of carbonyl (C=O) groups excluding carboxylic acids is 2. The molecule has 0 aromatic rings. The summed E-state index contributed by atoms with van der Waals surface area (Å²) in [4.78, 5) is 26.5. The second-order valence-electron chi connectivity index (χ2n) is 12.2. The Bertz CT molecular complexity index is 663. The third kappa shape index (κ3) is 11.9. The highest BCUT2D eigenvalue weighted by molar-refractivity contribution is 6.90. The normalized spacial score (nSPS) is 15.3. The lowest BCUT2D eigenvalue weighted by Gasteiger charge is -2.48. The molecule has 0 aliphatic rings. The minimum atomic E-state index is -3.54. The lowest BCUT2D eigenvalue weighted by molar-refractivity contribution is -0.155. The molecular formula is C23H50O7Si4. The first-order chi connectivity index (χ1) is 15.0. The van der Waals surface area contributed by atoms with E-state index in [-0.39, 0.29) is 17.8 Å². The van der Waals surface area contributed by atoms with Crippen molar-refractivity contribution in [2.24, 2.45) is 5.92 Å².